The predicted octanol–water partition coefficient (Wildman–Crippen LogP) is 2.38. The first-order valence-corrected chi connectivity index (χ1v) is 9.16. The summed E-state index contributed by atoms with van der Waals surface area (Å²) in [5.74, 6) is 1.66. The lowest BCUT2D eigenvalue weighted by Gasteiger charge is -2.30. The zero-order chi connectivity index (χ0) is 15.6. The zero-order valence-corrected chi connectivity index (χ0v) is 14.4. The molecule has 1 aliphatic carbocycles. The molecule has 0 bridgehead atoms. The van der Waals surface area contributed by atoms with Crippen molar-refractivity contribution in [3.05, 3.63) is 0 Å². The van der Waals surface area contributed by atoms with Crippen molar-refractivity contribution >= 4 is 5.91 Å². The van der Waals surface area contributed by atoms with Crippen LogP contribution in [0.1, 0.15) is 45.4 Å². The molecule has 0 aromatic heterocycles. The first-order chi connectivity index (χ1) is 10.7. The van der Waals surface area contributed by atoms with E-state index in [1.54, 1.807) is 7.11 Å². The second-order valence-corrected chi connectivity index (χ2v) is 7.76. The van der Waals surface area contributed by atoms with E-state index in [4.69, 9.17) is 4.74 Å². The molecule has 0 unspecified atom stereocenters. The van der Waals surface area contributed by atoms with Crippen LogP contribution in [0, 0.1) is 17.3 Å². The Morgan fingerprint density at radius 1 is 1.27 bits per heavy atom. The van der Waals surface area contributed by atoms with Crippen molar-refractivity contribution in [2.45, 2.75) is 45.4 Å². The van der Waals surface area contributed by atoms with Crippen LogP contribution in [0.15, 0.2) is 0 Å². The highest BCUT2D eigenvalue weighted by Gasteiger charge is 2.50. The van der Waals surface area contributed by atoms with Gasteiger partial charge in [-0.25, -0.2) is 0 Å². The molecule has 3 fully saturated rings. The Morgan fingerprint density at radius 3 is 2.73 bits per heavy atom. The molecule has 2 aliphatic heterocycles. The number of hydrogen-bond acceptors (Lipinski definition) is 3. The number of likely N-dealkylation sites (tertiary alicyclic amines) is 2. The fourth-order valence-corrected chi connectivity index (χ4v) is 4.98. The first kappa shape index (κ1) is 16.3. The molecule has 0 aromatic carbocycles. The molecular weight excluding hydrogens is 276 g/mol. The van der Waals surface area contributed by atoms with Crippen molar-refractivity contribution < 1.29 is 9.53 Å². The Hall–Kier alpha value is -0.610. The van der Waals surface area contributed by atoms with Crippen LogP contribution < -0.4 is 0 Å². The minimum absolute atomic E-state index is 0.289. The Kier molecular flexibility index (Phi) is 5.08. The normalized spacial score (nSPS) is 33.4. The minimum Gasteiger partial charge on any atom is -0.384 e. The third-order valence-corrected chi connectivity index (χ3v) is 6.37. The SMILES string of the molecule is CCN1C[C@H](COC)[C@]2(CCN(C(=O)CC3CCCC3)C2)C1. The topological polar surface area (TPSA) is 32.8 Å². The first-order valence-electron chi connectivity index (χ1n) is 9.16. The molecule has 1 spiro atoms. The van der Waals surface area contributed by atoms with E-state index in [0.29, 0.717) is 17.7 Å². The van der Waals surface area contributed by atoms with Gasteiger partial charge in [-0.3, -0.25) is 4.79 Å². The molecule has 126 valence electrons. The monoisotopic (exact) mass is 308 g/mol. The molecule has 3 rings (SSSR count). The molecule has 22 heavy (non-hydrogen) atoms. The van der Waals surface area contributed by atoms with Crippen molar-refractivity contribution in [3.63, 3.8) is 0 Å². The van der Waals surface area contributed by atoms with Gasteiger partial charge in [0.1, 0.15) is 0 Å². The molecule has 4 nitrogen and oxygen atoms in total. The van der Waals surface area contributed by atoms with E-state index in [9.17, 15) is 4.79 Å². The summed E-state index contributed by atoms with van der Waals surface area (Å²) in [6, 6.07) is 0. The summed E-state index contributed by atoms with van der Waals surface area (Å²) in [6.45, 7) is 8.38. The van der Waals surface area contributed by atoms with Crippen molar-refractivity contribution in [2.24, 2.45) is 17.3 Å². The van der Waals surface area contributed by atoms with Crippen molar-refractivity contribution in [2.75, 3.05) is 46.4 Å². The Morgan fingerprint density at radius 2 is 2.05 bits per heavy atom. The molecule has 2 saturated heterocycles. The van der Waals surface area contributed by atoms with E-state index in [1.807, 2.05) is 0 Å². The van der Waals surface area contributed by atoms with E-state index in [1.165, 1.54) is 25.7 Å². The third kappa shape index (κ3) is 3.18. The van der Waals surface area contributed by atoms with Gasteiger partial charge in [0.2, 0.25) is 5.91 Å². The molecule has 1 amide bonds. The number of carbonyl (C=O) groups excluding carboxylic acids is 1. The zero-order valence-electron chi connectivity index (χ0n) is 14.4. The molecular formula is C18H32N2O2. The molecule has 0 radical (unpaired) electrons. The Balaban J connectivity index is 1.60. The van der Waals surface area contributed by atoms with Crippen LogP contribution in [0.3, 0.4) is 0 Å². The smallest absolute Gasteiger partial charge is 0.222 e. The van der Waals surface area contributed by atoms with Gasteiger partial charge < -0.3 is 14.5 Å². The average molecular weight is 308 g/mol. The maximum atomic E-state index is 12.6. The van der Waals surface area contributed by atoms with Crippen molar-refractivity contribution in [3.8, 4) is 0 Å². The lowest BCUT2D eigenvalue weighted by Crippen LogP contribution is -2.38. The van der Waals surface area contributed by atoms with Gasteiger partial charge in [0.15, 0.2) is 0 Å². The van der Waals surface area contributed by atoms with Crippen LogP contribution in [0.2, 0.25) is 0 Å². The highest BCUT2D eigenvalue weighted by atomic mass is 16.5. The number of rotatable bonds is 5. The van der Waals surface area contributed by atoms with Crippen LogP contribution in [-0.2, 0) is 9.53 Å². The largest absolute Gasteiger partial charge is 0.384 e. The van der Waals surface area contributed by atoms with Crippen molar-refractivity contribution in [1.29, 1.82) is 0 Å². The van der Waals surface area contributed by atoms with E-state index in [0.717, 1.165) is 52.2 Å². The molecule has 3 aliphatic rings. The third-order valence-electron chi connectivity index (χ3n) is 6.37. The van der Waals surface area contributed by atoms with Gasteiger partial charge in [-0.05, 0) is 31.7 Å². The van der Waals surface area contributed by atoms with E-state index < -0.39 is 0 Å². The summed E-state index contributed by atoms with van der Waals surface area (Å²) < 4.78 is 5.48. The molecule has 0 aromatic rings. The summed E-state index contributed by atoms with van der Waals surface area (Å²) >= 11 is 0. The van der Waals surface area contributed by atoms with E-state index in [-0.39, 0.29) is 5.41 Å². The Bertz CT molecular complexity index is 395. The fourth-order valence-electron chi connectivity index (χ4n) is 4.98. The summed E-state index contributed by atoms with van der Waals surface area (Å²) in [5, 5.41) is 0. The van der Waals surface area contributed by atoms with Gasteiger partial charge in [0, 0.05) is 51.0 Å². The molecule has 2 heterocycles. The number of carbonyl (C=O) groups is 1. The summed E-state index contributed by atoms with van der Waals surface area (Å²) in [7, 11) is 1.81. The lowest BCUT2D eigenvalue weighted by molar-refractivity contribution is -0.131. The number of ether oxygens (including phenoxy) is 1. The van der Waals surface area contributed by atoms with Crippen LogP contribution >= 0.6 is 0 Å². The van der Waals surface area contributed by atoms with Gasteiger partial charge in [0.05, 0.1) is 6.61 Å². The molecule has 0 N–H and O–H groups in total. The van der Waals surface area contributed by atoms with Gasteiger partial charge in [-0.1, -0.05) is 19.8 Å². The van der Waals surface area contributed by atoms with E-state index in [2.05, 4.69) is 16.7 Å². The molecule has 2 atom stereocenters. The van der Waals surface area contributed by atoms with Gasteiger partial charge >= 0.3 is 0 Å². The maximum absolute atomic E-state index is 12.6. The number of methoxy groups -OCH3 is 1. The average Bonchev–Trinajstić information content (AvgIpc) is 3.22. The van der Waals surface area contributed by atoms with Crippen molar-refractivity contribution in [1.82, 2.24) is 9.80 Å². The van der Waals surface area contributed by atoms with Crippen LogP contribution in [0.4, 0.5) is 0 Å². The van der Waals surface area contributed by atoms with Crippen LogP contribution in [-0.4, -0.2) is 62.1 Å². The summed E-state index contributed by atoms with van der Waals surface area (Å²) in [5.41, 5.74) is 0.289. The highest BCUT2D eigenvalue weighted by molar-refractivity contribution is 5.76. The fraction of sp³-hybridized carbons (Fsp3) is 0.944. The quantitative estimate of drug-likeness (QED) is 0.782. The Labute approximate surface area is 135 Å². The van der Waals surface area contributed by atoms with Gasteiger partial charge in [-0.15, -0.1) is 0 Å². The van der Waals surface area contributed by atoms with Gasteiger partial charge in [0.25, 0.3) is 0 Å². The second-order valence-electron chi connectivity index (χ2n) is 7.76. The van der Waals surface area contributed by atoms with E-state index >= 15 is 0 Å². The van der Waals surface area contributed by atoms with Crippen LogP contribution in [0.25, 0.3) is 0 Å². The minimum atomic E-state index is 0.289. The maximum Gasteiger partial charge on any atom is 0.222 e. The number of nitrogens with zero attached hydrogens (tertiary/aromatic N) is 2. The van der Waals surface area contributed by atoms with Crippen LogP contribution in [0.5, 0.6) is 0 Å². The lowest BCUT2D eigenvalue weighted by atomic mass is 9.77. The number of hydrogen-bond donors (Lipinski definition) is 0. The standard InChI is InChI=1S/C18H32N2O2/c1-3-19-11-16(12-22-2)18(13-19)8-9-20(14-18)17(21)10-15-6-4-5-7-15/h15-16H,3-14H2,1-2H3/t16-,18-/m1/s1. The number of amides is 1. The predicted molar refractivity (Wildman–Crippen MR) is 87.7 cm³/mol. The second kappa shape index (κ2) is 6.88. The summed E-state index contributed by atoms with van der Waals surface area (Å²) in [6.07, 6.45) is 7.13. The van der Waals surface area contributed by atoms with Gasteiger partial charge in [-0.2, -0.15) is 0 Å². The molecule has 4 heteroatoms. The summed E-state index contributed by atoms with van der Waals surface area (Å²) in [4.78, 5) is 17.3. The highest BCUT2D eigenvalue weighted by Crippen LogP contribution is 2.44. The molecule has 1 saturated carbocycles.